The van der Waals surface area contributed by atoms with Crippen molar-refractivity contribution < 1.29 is 9.53 Å². The van der Waals surface area contributed by atoms with Gasteiger partial charge in [0.15, 0.2) is 0 Å². The van der Waals surface area contributed by atoms with Gasteiger partial charge >= 0.3 is 0 Å². The van der Waals surface area contributed by atoms with Gasteiger partial charge in [-0.2, -0.15) is 0 Å². The number of carbonyl (C=O) groups is 1. The molecule has 21 heavy (non-hydrogen) atoms. The number of amides is 1. The molecule has 110 valence electrons. The van der Waals surface area contributed by atoms with E-state index >= 15 is 0 Å². The number of pyridine rings is 1. The van der Waals surface area contributed by atoms with Gasteiger partial charge in [-0.25, -0.2) is 4.98 Å². The van der Waals surface area contributed by atoms with Crippen LogP contribution in [0, 0.1) is 0 Å². The molecule has 0 spiro atoms. The molecule has 0 atom stereocenters. The van der Waals surface area contributed by atoms with Gasteiger partial charge in [-0.15, -0.1) is 0 Å². The predicted molar refractivity (Wildman–Crippen MR) is 82.2 cm³/mol. The molecule has 5 heteroatoms. The number of nitrogen functional groups attached to an aromatic ring is 1. The first-order valence-corrected chi connectivity index (χ1v) is 6.80. The van der Waals surface area contributed by atoms with Gasteiger partial charge in [0, 0.05) is 17.8 Å². The Morgan fingerprint density at radius 2 is 2.14 bits per heavy atom. The minimum atomic E-state index is -0.165. The van der Waals surface area contributed by atoms with Crippen molar-refractivity contribution in [3.05, 3.63) is 53.2 Å². The van der Waals surface area contributed by atoms with Gasteiger partial charge in [-0.1, -0.05) is 19.1 Å². The summed E-state index contributed by atoms with van der Waals surface area (Å²) in [7, 11) is 1.61. The Labute approximate surface area is 124 Å². The van der Waals surface area contributed by atoms with Crippen LogP contribution in [0.5, 0.6) is 5.75 Å². The summed E-state index contributed by atoms with van der Waals surface area (Å²) in [6.07, 6.45) is 0.737. The van der Waals surface area contributed by atoms with E-state index in [0.717, 1.165) is 23.4 Å². The highest BCUT2D eigenvalue weighted by atomic mass is 16.5. The summed E-state index contributed by atoms with van der Waals surface area (Å²) < 4.78 is 5.15. The van der Waals surface area contributed by atoms with Crippen molar-refractivity contribution in [2.24, 2.45) is 0 Å². The van der Waals surface area contributed by atoms with Gasteiger partial charge in [0.05, 0.1) is 7.11 Å². The predicted octanol–water partition coefficient (Wildman–Crippen LogP) is 2.16. The zero-order chi connectivity index (χ0) is 15.2. The van der Waals surface area contributed by atoms with E-state index in [1.807, 2.05) is 31.2 Å². The lowest BCUT2D eigenvalue weighted by molar-refractivity contribution is 0.0950. The van der Waals surface area contributed by atoms with Crippen LogP contribution in [0.4, 0.5) is 5.82 Å². The van der Waals surface area contributed by atoms with Gasteiger partial charge in [0.2, 0.25) is 0 Å². The number of methoxy groups -OCH3 is 1. The SMILES string of the molecule is CCc1cc(C(=O)NCc2cccc(OC)c2)cc(N)n1. The summed E-state index contributed by atoms with van der Waals surface area (Å²) in [5.41, 5.74) is 8.02. The van der Waals surface area contributed by atoms with Crippen molar-refractivity contribution in [2.75, 3.05) is 12.8 Å². The summed E-state index contributed by atoms with van der Waals surface area (Å²) in [4.78, 5) is 16.3. The average molecular weight is 285 g/mol. The first kappa shape index (κ1) is 14.8. The molecule has 0 bridgehead atoms. The van der Waals surface area contributed by atoms with Crippen molar-refractivity contribution in [3.8, 4) is 5.75 Å². The summed E-state index contributed by atoms with van der Waals surface area (Å²) in [5.74, 6) is 0.964. The maximum Gasteiger partial charge on any atom is 0.251 e. The fraction of sp³-hybridized carbons (Fsp3) is 0.250. The number of hydrogen-bond donors (Lipinski definition) is 2. The van der Waals surface area contributed by atoms with E-state index in [0.29, 0.717) is 17.9 Å². The summed E-state index contributed by atoms with van der Waals surface area (Å²) >= 11 is 0. The molecule has 1 amide bonds. The number of rotatable bonds is 5. The Bertz CT molecular complexity index is 641. The maximum absolute atomic E-state index is 12.2. The third-order valence-electron chi connectivity index (χ3n) is 3.11. The molecule has 1 heterocycles. The van der Waals surface area contributed by atoms with Crippen LogP contribution in [-0.4, -0.2) is 18.0 Å². The topological polar surface area (TPSA) is 77.2 Å². The summed E-state index contributed by atoms with van der Waals surface area (Å²) in [5, 5.41) is 2.87. The molecule has 0 aliphatic carbocycles. The van der Waals surface area contributed by atoms with Crippen LogP contribution in [0.3, 0.4) is 0 Å². The lowest BCUT2D eigenvalue weighted by Gasteiger charge is -2.08. The minimum Gasteiger partial charge on any atom is -0.497 e. The van der Waals surface area contributed by atoms with E-state index in [1.165, 1.54) is 0 Å². The number of aromatic nitrogens is 1. The standard InChI is InChI=1S/C16H19N3O2/c1-3-13-8-12(9-15(17)19-13)16(20)18-10-11-5-4-6-14(7-11)21-2/h4-9H,3,10H2,1-2H3,(H2,17,19)(H,18,20). The van der Waals surface area contributed by atoms with Gasteiger partial charge in [0.25, 0.3) is 5.91 Å². The fourth-order valence-corrected chi connectivity index (χ4v) is 1.99. The van der Waals surface area contributed by atoms with E-state index in [2.05, 4.69) is 10.3 Å². The minimum absolute atomic E-state index is 0.165. The number of carbonyl (C=O) groups excluding carboxylic acids is 1. The number of anilines is 1. The molecule has 0 saturated heterocycles. The highest BCUT2D eigenvalue weighted by molar-refractivity contribution is 5.94. The molecule has 0 radical (unpaired) electrons. The van der Waals surface area contributed by atoms with Crippen molar-refractivity contribution in [1.29, 1.82) is 0 Å². The Hall–Kier alpha value is -2.56. The van der Waals surface area contributed by atoms with E-state index in [1.54, 1.807) is 19.2 Å². The Morgan fingerprint density at radius 3 is 2.86 bits per heavy atom. The number of ether oxygens (including phenoxy) is 1. The van der Waals surface area contributed by atoms with Crippen LogP contribution in [0.25, 0.3) is 0 Å². The van der Waals surface area contributed by atoms with Gasteiger partial charge in [0.1, 0.15) is 11.6 Å². The molecule has 0 unspecified atom stereocenters. The largest absolute Gasteiger partial charge is 0.497 e. The Balaban J connectivity index is 2.06. The number of benzene rings is 1. The molecular weight excluding hydrogens is 266 g/mol. The van der Waals surface area contributed by atoms with Gasteiger partial charge < -0.3 is 15.8 Å². The second kappa shape index (κ2) is 6.74. The monoisotopic (exact) mass is 285 g/mol. The highest BCUT2D eigenvalue weighted by Gasteiger charge is 2.08. The lowest BCUT2D eigenvalue weighted by atomic mass is 10.1. The second-order valence-corrected chi connectivity index (χ2v) is 4.66. The van der Waals surface area contributed by atoms with Crippen molar-refractivity contribution >= 4 is 11.7 Å². The van der Waals surface area contributed by atoms with E-state index in [9.17, 15) is 4.79 Å². The third-order valence-corrected chi connectivity index (χ3v) is 3.11. The third kappa shape index (κ3) is 3.95. The van der Waals surface area contributed by atoms with E-state index < -0.39 is 0 Å². The Kier molecular flexibility index (Phi) is 4.77. The number of hydrogen-bond acceptors (Lipinski definition) is 4. The quantitative estimate of drug-likeness (QED) is 0.882. The average Bonchev–Trinajstić information content (AvgIpc) is 2.52. The Morgan fingerprint density at radius 1 is 1.33 bits per heavy atom. The van der Waals surface area contributed by atoms with Gasteiger partial charge in [-0.05, 0) is 36.2 Å². The van der Waals surface area contributed by atoms with E-state index in [4.69, 9.17) is 10.5 Å². The molecule has 0 fully saturated rings. The molecule has 2 aromatic rings. The van der Waals surface area contributed by atoms with Crippen LogP contribution < -0.4 is 15.8 Å². The molecule has 1 aromatic carbocycles. The van der Waals surface area contributed by atoms with Crippen LogP contribution >= 0.6 is 0 Å². The molecular formula is C16H19N3O2. The normalized spacial score (nSPS) is 10.2. The fourth-order valence-electron chi connectivity index (χ4n) is 1.99. The number of nitrogens with zero attached hydrogens (tertiary/aromatic N) is 1. The molecule has 5 nitrogen and oxygen atoms in total. The molecule has 0 saturated carbocycles. The number of nitrogens with one attached hydrogen (secondary N) is 1. The first-order valence-electron chi connectivity index (χ1n) is 6.80. The smallest absolute Gasteiger partial charge is 0.251 e. The number of aryl methyl sites for hydroxylation is 1. The van der Waals surface area contributed by atoms with Crippen molar-refractivity contribution in [2.45, 2.75) is 19.9 Å². The molecule has 0 aliphatic rings. The molecule has 0 aliphatic heterocycles. The lowest BCUT2D eigenvalue weighted by Crippen LogP contribution is -2.23. The molecule has 1 aromatic heterocycles. The summed E-state index contributed by atoms with van der Waals surface area (Å²) in [6, 6.07) is 10.9. The zero-order valence-electron chi connectivity index (χ0n) is 12.2. The van der Waals surface area contributed by atoms with Crippen molar-refractivity contribution in [3.63, 3.8) is 0 Å². The van der Waals surface area contributed by atoms with Crippen LogP contribution in [0.2, 0.25) is 0 Å². The van der Waals surface area contributed by atoms with Crippen molar-refractivity contribution in [1.82, 2.24) is 10.3 Å². The second-order valence-electron chi connectivity index (χ2n) is 4.66. The maximum atomic E-state index is 12.2. The van der Waals surface area contributed by atoms with Crippen LogP contribution in [0.1, 0.15) is 28.5 Å². The highest BCUT2D eigenvalue weighted by Crippen LogP contribution is 2.13. The van der Waals surface area contributed by atoms with Gasteiger partial charge in [-0.3, -0.25) is 4.79 Å². The van der Waals surface area contributed by atoms with E-state index in [-0.39, 0.29) is 5.91 Å². The zero-order valence-corrected chi connectivity index (χ0v) is 12.2. The summed E-state index contributed by atoms with van der Waals surface area (Å²) in [6.45, 7) is 2.40. The molecule has 3 N–H and O–H groups in total. The van der Waals surface area contributed by atoms with Crippen LogP contribution in [0.15, 0.2) is 36.4 Å². The number of nitrogens with two attached hydrogens (primary N) is 1. The molecule has 2 rings (SSSR count). The van der Waals surface area contributed by atoms with Crippen LogP contribution in [-0.2, 0) is 13.0 Å². The first-order chi connectivity index (χ1) is 10.1.